The maximum Gasteiger partial charge on any atom is 0.275 e. The van der Waals surface area contributed by atoms with E-state index in [1.54, 1.807) is 20.4 Å². The molecule has 0 saturated heterocycles. The second kappa shape index (κ2) is 9.54. The summed E-state index contributed by atoms with van der Waals surface area (Å²) >= 11 is 0. The van der Waals surface area contributed by atoms with Crippen LogP contribution in [0.3, 0.4) is 0 Å². The summed E-state index contributed by atoms with van der Waals surface area (Å²) in [6.45, 7) is 2.63. The van der Waals surface area contributed by atoms with E-state index < -0.39 is 0 Å². The SMILES string of the molecule is COc1cccc(CCNc2cnc(C(=O)Nc3cc(C)ccc3OC)cn2)c1. The van der Waals surface area contributed by atoms with Gasteiger partial charge in [-0.1, -0.05) is 18.2 Å². The van der Waals surface area contributed by atoms with E-state index in [0.29, 0.717) is 23.8 Å². The van der Waals surface area contributed by atoms with E-state index in [4.69, 9.17) is 9.47 Å². The molecule has 0 aliphatic carbocycles. The average molecular weight is 392 g/mol. The fraction of sp³-hybridized carbons (Fsp3) is 0.227. The lowest BCUT2D eigenvalue weighted by Crippen LogP contribution is -2.15. The number of carbonyl (C=O) groups is 1. The zero-order valence-electron chi connectivity index (χ0n) is 16.7. The van der Waals surface area contributed by atoms with E-state index in [9.17, 15) is 4.79 Å². The number of nitrogens with zero attached hydrogens (tertiary/aromatic N) is 2. The van der Waals surface area contributed by atoms with Crippen molar-refractivity contribution in [2.45, 2.75) is 13.3 Å². The normalized spacial score (nSPS) is 10.3. The molecular formula is C22H24N4O3. The summed E-state index contributed by atoms with van der Waals surface area (Å²) in [6.07, 6.45) is 3.81. The Labute approximate surface area is 170 Å². The first kappa shape index (κ1) is 20.1. The van der Waals surface area contributed by atoms with Crippen molar-refractivity contribution in [1.82, 2.24) is 9.97 Å². The van der Waals surface area contributed by atoms with E-state index in [1.165, 1.54) is 6.20 Å². The number of anilines is 2. The van der Waals surface area contributed by atoms with Gasteiger partial charge in [0, 0.05) is 6.54 Å². The molecule has 1 aromatic heterocycles. The van der Waals surface area contributed by atoms with Crippen molar-refractivity contribution in [2.24, 2.45) is 0 Å². The summed E-state index contributed by atoms with van der Waals surface area (Å²) in [7, 11) is 3.21. The molecule has 0 aliphatic rings. The quantitative estimate of drug-likeness (QED) is 0.608. The van der Waals surface area contributed by atoms with Crippen LogP contribution in [0.15, 0.2) is 54.9 Å². The summed E-state index contributed by atoms with van der Waals surface area (Å²) < 4.78 is 10.5. The Bertz CT molecular complexity index is 974. The lowest BCUT2D eigenvalue weighted by atomic mass is 10.1. The standard InChI is InChI=1S/C22H24N4O3/c1-15-7-8-20(29-3)18(11-15)26-22(27)19-13-25-21(14-24-19)23-10-9-16-5-4-6-17(12-16)28-2/h4-8,11-14H,9-10H2,1-3H3,(H,23,25)(H,26,27). The highest BCUT2D eigenvalue weighted by Gasteiger charge is 2.12. The van der Waals surface area contributed by atoms with Gasteiger partial charge in [0.1, 0.15) is 23.0 Å². The van der Waals surface area contributed by atoms with Crippen molar-refractivity contribution >= 4 is 17.4 Å². The Morgan fingerprint density at radius 1 is 1.03 bits per heavy atom. The average Bonchev–Trinajstić information content (AvgIpc) is 2.74. The minimum absolute atomic E-state index is 0.229. The van der Waals surface area contributed by atoms with Crippen molar-refractivity contribution in [1.29, 1.82) is 0 Å². The molecule has 0 unspecified atom stereocenters. The van der Waals surface area contributed by atoms with Gasteiger partial charge < -0.3 is 20.1 Å². The topological polar surface area (TPSA) is 85.4 Å². The molecule has 2 N–H and O–H groups in total. The number of nitrogens with one attached hydrogen (secondary N) is 2. The fourth-order valence-electron chi connectivity index (χ4n) is 2.81. The van der Waals surface area contributed by atoms with Crippen LogP contribution >= 0.6 is 0 Å². The monoisotopic (exact) mass is 392 g/mol. The number of rotatable bonds is 8. The van der Waals surface area contributed by atoms with Crippen LogP contribution in [-0.4, -0.2) is 36.6 Å². The number of aryl methyl sites for hydroxylation is 1. The van der Waals surface area contributed by atoms with Gasteiger partial charge in [0.25, 0.3) is 5.91 Å². The first-order valence-corrected chi connectivity index (χ1v) is 9.24. The van der Waals surface area contributed by atoms with E-state index in [0.717, 1.165) is 23.3 Å². The highest BCUT2D eigenvalue weighted by molar-refractivity contribution is 6.03. The number of amides is 1. The van der Waals surface area contributed by atoms with Gasteiger partial charge >= 0.3 is 0 Å². The Kier molecular flexibility index (Phi) is 6.63. The maximum absolute atomic E-state index is 12.5. The third-order valence-electron chi connectivity index (χ3n) is 4.34. The van der Waals surface area contributed by atoms with Crippen molar-refractivity contribution in [2.75, 3.05) is 31.4 Å². The zero-order chi connectivity index (χ0) is 20.6. The number of hydrogen-bond donors (Lipinski definition) is 2. The van der Waals surface area contributed by atoms with Crippen LogP contribution in [0, 0.1) is 6.92 Å². The van der Waals surface area contributed by atoms with Crippen molar-refractivity contribution in [3.05, 3.63) is 71.7 Å². The van der Waals surface area contributed by atoms with Crippen molar-refractivity contribution in [3.8, 4) is 11.5 Å². The molecule has 3 aromatic rings. The minimum atomic E-state index is -0.343. The molecule has 0 atom stereocenters. The molecule has 150 valence electrons. The summed E-state index contributed by atoms with van der Waals surface area (Å²) in [5.41, 5.74) is 3.00. The van der Waals surface area contributed by atoms with Crippen LogP contribution in [0.5, 0.6) is 11.5 Å². The molecule has 0 saturated carbocycles. The first-order chi connectivity index (χ1) is 14.1. The van der Waals surface area contributed by atoms with E-state index in [1.807, 2.05) is 49.4 Å². The zero-order valence-corrected chi connectivity index (χ0v) is 16.7. The summed E-state index contributed by atoms with van der Waals surface area (Å²) in [4.78, 5) is 20.9. The van der Waals surface area contributed by atoms with Crippen LogP contribution in [0.25, 0.3) is 0 Å². The summed E-state index contributed by atoms with van der Waals surface area (Å²) in [6, 6.07) is 13.5. The molecule has 0 fully saturated rings. The molecule has 0 radical (unpaired) electrons. The van der Waals surface area contributed by atoms with Crippen LogP contribution in [0.2, 0.25) is 0 Å². The van der Waals surface area contributed by atoms with Gasteiger partial charge in [-0.15, -0.1) is 0 Å². The lowest BCUT2D eigenvalue weighted by molar-refractivity contribution is 0.102. The van der Waals surface area contributed by atoms with E-state index in [2.05, 4.69) is 20.6 Å². The lowest BCUT2D eigenvalue weighted by Gasteiger charge is -2.11. The molecule has 0 bridgehead atoms. The molecule has 0 aliphatic heterocycles. The first-order valence-electron chi connectivity index (χ1n) is 9.24. The van der Waals surface area contributed by atoms with Crippen LogP contribution in [0.1, 0.15) is 21.6 Å². The van der Waals surface area contributed by atoms with Crippen LogP contribution in [-0.2, 0) is 6.42 Å². The molecule has 0 spiro atoms. The molecule has 1 heterocycles. The van der Waals surface area contributed by atoms with Gasteiger partial charge in [0.15, 0.2) is 0 Å². The molecule has 29 heavy (non-hydrogen) atoms. The number of carbonyl (C=O) groups excluding carboxylic acids is 1. The number of aromatic nitrogens is 2. The fourth-order valence-corrected chi connectivity index (χ4v) is 2.81. The van der Waals surface area contributed by atoms with Crippen LogP contribution in [0.4, 0.5) is 11.5 Å². The Morgan fingerprint density at radius 3 is 2.62 bits per heavy atom. The summed E-state index contributed by atoms with van der Waals surface area (Å²) in [5, 5.41) is 6.02. The Morgan fingerprint density at radius 2 is 1.90 bits per heavy atom. The molecule has 7 heteroatoms. The van der Waals surface area contributed by atoms with Gasteiger partial charge in [0.05, 0.1) is 32.3 Å². The highest BCUT2D eigenvalue weighted by atomic mass is 16.5. The van der Waals surface area contributed by atoms with Crippen LogP contribution < -0.4 is 20.1 Å². The van der Waals surface area contributed by atoms with Gasteiger partial charge in [-0.3, -0.25) is 4.79 Å². The highest BCUT2D eigenvalue weighted by Crippen LogP contribution is 2.25. The van der Waals surface area contributed by atoms with E-state index >= 15 is 0 Å². The predicted molar refractivity (Wildman–Crippen MR) is 113 cm³/mol. The molecule has 2 aromatic carbocycles. The molecule has 3 rings (SSSR count). The van der Waals surface area contributed by atoms with Gasteiger partial charge in [-0.05, 0) is 48.7 Å². The molecular weight excluding hydrogens is 368 g/mol. The Balaban J connectivity index is 1.57. The number of hydrogen-bond acceptors (Lipinski definition) is 6. The second-order valence-electron chi connectivity index (χ2n) is 6.47. The third-order valence-corrected chi connectivity index (χ3v) is 4.34. The van der Waals surface area contributed by atoms with Gasteiger partial charge in [-0.2, -0.15) is 0 Å². The van der Waals surface area contributed by atoms with Gasteiger partial charge in [-0.25, -0.2) is 9.97 Å². The van der Waals surface area contributed by atoms with Crippen molar-refractivity contribution < 1.29 is 14.3 Å². The van der Waals surface area contributed by atoms with Gasteiger partial charge in [0.2, 0.25) is 0 Å². The third kappa shape index (κ3) is 5.44. The maximum atomic E-state index is 12.5. The molecule has 7 nitrogen and oxygen atoms in total. The largest absolute Gasteiger partial charge is 0.497 e. The number of methoxy groups -OCH3 is 2. The summed E-state index contributed by atoms with van der Waals surface area (Å²) in [5.74, 6) is 1.69. The smallest absolute Gasteiger partial charge is 0.275 e. The molecule has 1 amide bonds. The minimum Gasteiger partial charge on any atom is -0.497 e. The predicted octanol–water partition coefficient (Wildman–Crippen LogP) is 3.71. The second-order valence-corrected chi connectivity index (χ2v) is 6.47. The van der Waals surface area contributed by atoms with E-state index in [-0.39, 0.29) is 11.6 Å². The van der Waals surface area contributed by atoms with Crippen molar-refractivity contribution in [3.63, 3.8) is 0 Å². The number of ether oxygens (including phenoxy) is 2. The number of benzene rings is 2. The Hall–Kier alpha value is -3.61.